The molecule has 1 atom stereocenters. The van der Waals surface area contributed by atoms with Crippen LogP contribution >= 0.6 is 0 Å². The molecule has 2 aromatic rings. The van der Waals surface area contributed by atoms with E-state index in [1.807, 2.05) is 38.1 Å². The fraction of sp³-hybridized carbons (Fsp3) is 0.375. The van der Waals surface area contributed by atoms with E-state index in [1.54, 1.807) is 13.8 Å². The van der Waals surface area contributed by atoms with Gasteiger partial charge in [-0.2, -0.15) is 5.26 Å². The molecule has 9 nitrogen and oxygen atoms in total. The van der Waals surface area contributed by atoms with Crippen molar-refractivity contribution >= 4 is 23.5 Å². The van der Waals surface area contributed by atoms with Gasteiger partial charge in [0.05, 0.1) is 6.54 Å². The van der Waals surface area contributed by atoms with Gasteiger partial charge >= 0.3 is 5.97 Å². The largest absolute Gasteiger partial charge is 0.453 e. The monoisotopic (exact) mass is 452 g/mol. The Morgan fingerprint density at radius 2 is 1.79 bits per heavy atom. The quantitative estimate of drug-likeness (QED) is 0.524. The van der Waals surface area contributed by atoms with E-state index in [4.69, 9.17) is 10.00 Å². The van der Waals surface area contributed by atoms with Crippen LogP contribution < -0.4 is 16.2 Å². The van der Waals surface area contributed by atoms with Crippen molar-refractivity contribution in [2.75, 3.05) is 11.9 Å². The van der Waals surface area contributed by atoms with Crippen molar-refractivity contribution in [1.82, 2.24) is 10.3 Å². The zero-order valence-corrected chi connectivity index (χ0v) is 19.4. The van der Waals surface area contributed by atoms with Gasteiger partial charge in [-0.15, -0.1) is 0 Å². The fourth-order valence-corrected chi connectivity index (χ4v) is 3.46. The van der Waals surface area contributed by atoms with Gasteiger partial charge in [-0.3, -0.25) is 19.2 Å². The number of anilines is 1. The van der Waals surface area contributed by atoms with Crippen LogP contribution in [-0.2, 0) is 25.5 Å². The summed E-state index contributed by atoms with van der Waals surface area (Å²) >= 11 is 0. The van der Waals surface area contributed by atoms with E-state index < -0.39 is 29.4 Å². The molecule has 0 aliphatic heterocycles. The molecule has 1 aromatic heterocycles. The van der Waals surface area contributed by atoms with Crippen molar-refractivity contribution in [2.45, 2.75) is 53.6 Å². The zero-order chi connectivity index (χ0) is 24.7. The number of aromatic nitrogens is 1. The number of aromatic amines is 1. The first-order chi connectivity index (χ1) is 15.5. The number of hydrogen-bond acceptors (Lipinski definition) is 6. The number of hydrogen-bond donors (Lipinski definition) is 3. The zero-order valence-electron chi connectivity index (χ0n) is 19.4. The van der Waals surface area contributed by atoms with E-state index >= 15 is 0 Å². The summed E-state index contributed by atoms with van der Waals surface area (Å²) in [5.74, 6) is -1.60. The Balaban J connectivity index is 1.86. The van der Waals surface area contributed by atoms with E-state index in [0.29, 0.717) is 22.5 Å². The molecule has 2 rings (SSSR count). The molecule has 0 fully saturated rings. The number of carbonyl (C=O) groups excluding carboxylic acids is 3. The third-order valence-electron chi connectivity index (χ3n) is 5.35. The van der Waals surface area contributed by atoms with Crippen molar-refractivity contribution in [3.63, 3.8) is 0 Å². The second-order valence-electron chi connectivity index (χ2n) is 7.83. The second-order valence-corrected chi connectivity index (χ2v) is 7.83. The molecular formula is C24H28N4O5. The first kappa shape index (κ1) is 25.3. The lowest BCUT2D eigenvalue weighted by molar-refractivity contribution is -0.154. The van der Waals surface area contributed by atoms with Crippen molar-refractivity contribution in [2.24, 2.45) is 0 Å². The highest BCUT2D eigenvalue weighted by molar-refractivity contribution is 5.96. The Labute approximate surface area is 192 Å². The summed E-state index contributed by atoms with van der Waals surface area (Å²) in [6.07, 6.45) is -0.879. The number of aryl methyl sites for hydroxylation is 3. The van der Waals surface area contributed by atoms with Gasteiger partial charge in [0.15, 0.2) is 6.10 Å². The first-order valence-electron chi connectivity index (χ1n) is 10.5. The van der Waals surface area contributed by atoms with Crippen molar-refractivity contribution < 1.29 is 19.1 Å². The molecule has 0 spiro atoms. The summed E-state index contributed by atoms with van der Waals surface area (Å²) in [5.41, 5.74) is 3.84. The predicted octanol–water partition coefficient (Wildman–Crippen LogP) is 2.10. The summed E-state index contributed by atoms with van der Waals surface area (Å²) in [4.78, 5) is 51.0. The normalized spacial score (nSPS) is 11.3. The van der Waals surface area contributed by atoms with Crippen LogP contribution in [0, 0.1) is 39.0 Å². The topological polar surface area (TPSA) is 141 Å². The lowest BCUT2D eigenvalue weighted by atomic mass is 9.99. The summed E-state index contributed by atoms with van der Waals surface area (Å²) in [7, 11) is 0. The smallest absolute Gasteiger partial charge is 0.306 e. The van der Waals surface area contributed by atoms with Gasteiger partial charge in [-0.1, -0.05) is 18.2 Å². The van der Waals surface area contributed by atoms with Gasteiger partial charge in [0.2, 0.25) is 5.91 Å². The van der Waals surface area contributed by atoms with E-state index in [-0.39, 0.29) is 24.9 Å². The molecule has 0 aliphatic carbocycles. The number of H-pyrrole nitrogens is 1. The average molecular weight is 453 g/mol. The molecule has 174 valence electrons. The van der Waals surface area contributed by atoms with Gasteiger partial charge in [-0.05, 0) is 63.3 Å². The minimum Gasteiger partial charge on any atom is -0.453 e. The van der Waals surface area contributed by atoms with Gasteiger partial charge in [0.25, 0.3) is 11.5 Å². The minimum atomic E-state index is -1.09. The molecular weight excluding hydrogens is 424 g/mol. The third kappa shape index (κ3) is 6.53. The molecule has 0 radical (unpaired) electrons. The standard InChI is InChI=1S/C24H28N4O5/c1-13-7-6-8-14(2)22(13)28-20(29)12-26-23(31)17(5)33-21(30)10-9-18-15(3)19(11-25)24(32)27-16(18)4/h6-8,17H,9-10,12H2,1-5H3,(H,26,31)(H,27,32)(H,28,29). The number of rotatable bonds is 8. The molecule has 33 heavy (non-hydrogen) atoms. The Bertz CT molecular complexity index is 1160. The molecule has 9 heteroatoms. The maximum atomic E-state index is 12.2. The number of nitrogens with zero attached hydrogens (tertiary/aromatic N) is 1. The Kier molecular flexibility index (Phi) is 8.51. The third-order valence-corrected chi connectivity index (χ3v) is 5.35. The van der Waals surface area contributed by atoms with Crippen molar-refractivity contribution in [3.8, 4) is 6.07 Å². The number of ether oxygens (including phenoxy) is 1. The van der Waals surface area contributed by atoms with Gasteiger partial charge < -0.3 is 20.4 Å². The molecule has 3 N–H and O–H groups in total. The minimum absolute atomic E-state index is 0.0101. The maximum absolute atomic E-state index is 12.2. The van der Waals surface area contributed by atoms with Crippen LogP contribution in [0.25, 0.3) is 0 Å². The molecule has 0 saturated carbocycles. The van der Waals surface area contributed by atoms with E-state index in [1.165, 1.54) is 6.92 Å². The van der Waals surface area contributed by atoms with Crippen LogP contribution in [0.3, 0.4) is 0 Å². The Morgan fingerprint density at radius 3 is 2.39 bits per heavy atom. The van der Waals surface area contributed by atoms with Crippen LogP contribution in [0.15, 0.2) is 23.0 Å². The van der Waals surface area contributed by atoms with E-state index in [9.17, 15) is 19.2 Å². The Hall–Kier alpha value is -3.93. The number of nitriles is 1. The summed E-state index contributed by atoms with van der Waals surface area (Å²) in [5, 5.41) is 14.4. The van der Waals surface area contributed by atoms with Crippen LogP contribution in [-0.4, -0.2) is 35.4 Å². The predicted molar refractivity (Wildman–Crippen MR) is 123 cm³/mol. The van der Waals surface area contributed by atoms with Crippen molar-refractivity contribution in [3.05, 3.63) is 62.1 Å². The van der Waals surface area contributed by atoms with Gasteiger partial charge in [0.1, 0.15) is 11.6 Å². The Morgan fingerprint density at radius 1 is 1.15 bits per heavy atom. The molecule has 2 amide bonds. The van der Waals surface area contributed by atoms with Gasteiger partial charge in [0, 0.05) is 17.8 Å². The summed E-state index contributed by atoms with van der Waals surface area (Å²) < 4.78 is 5.16. The van der Waals surface area contributed by atoms with Crippen LogP contribution in [0.5, 0.6) is 0 Å². The molecule has 0 aliphatic rings. The van der Waals surface area contributed by atoms with Gasteiger partial charge in [-0.25, -0.2) is 0 Å². The highest BCUT2D eigenvalue weighted by atomic mass is 16.5. The first-order valence-corrected chi connectivity index (χ1v) is 10.5. The van der Waals surface area contributed by atoms with Crippen LogP contribution in [0.2, 0.25) is 0 Å². The SMILES string of the molecule is Cc1cccc(C)c1NC(=O)CNC(=O)C(C)OC(=O)CCc1c(C)[nH]c(=O)c(C#N)c1C. The molecule has 1 aromatic carbocycles. The van der Waals surface area contributed by atoms with E-state index in [2.05, 4.69) is 15.6 Å². The molecule has 1 heterocycles. The summed E-state index contributed by atoms with van der Waals surface area (Å²) in [6, 6.07) is 7.50. The highest BCUT2D eigenvalue weighted by Gasteiger charge is 2.20. The van der Waals surface area contributed by atoms with Crippen LogP contribution in [0.4, 0.5) is 5.69 Å². The lowest BCUT2D eigenvalue weighted by Crippen LogP contribution is -2.40. The number of esters is 1. The van der Waals surface area contributed by atoms with Crippen LogP contribution in [0.1, 0.15) is 46.9 Å². The van der Waals surface area contributed by atoms with Crippen molar-refractivity contribution in [1.29, 1.82) is 5.26 Å². The lowest BCUT2D eigenvalue weighted by Gasteiger charge is -2.15. The molecule has 1 unspecified atom stereocenters. The fourth-order valence-electron chi connectivity index (χ4n) is 3.46. The number of benzene rings is 1. The number of pyridine rings is 1. The maximum Gasteiger partial charge on any atom is 0.306 e. The average Bonchev–Trinajstić information content (AvgIpc) is 2.74. The number of carbonyl (C=O) groups is 3. The molecule has 0 saturated heterocycles. The number of amides is 2. The number of nitrogens with one attached hydrogen (secondary N) is 3. The summed E-state index contributed by atoms with van der Waals surface area (Å²) in [6.45, 7) is 8.25. The molecule has 0 bridgehead atoms. The highest BCUT2D eigenvalue weighted by Crippen LogP contribution is 2.19. The second kappa shape index (κ2) is 11.1. The number of para-hydroxylation sites is 1. The van der Waals surface area contributed by atoms with E-state index in [0.717, 1.165) is 11.1 Å².